The van der Waals surface area contributed by atoms with Gasteiger partial charge in [0, 0.05) is 12.7 Å². The summed E-state index contributed by atoms with van der Waals surface area (Å²) in [4.78, 5) is 0. The van der Waals surface area contributed by atoms with Crippen LogP contribution in [0, 0.1) is 20.8 Å². The second-order valence-electron chi connectivity index (χ2n) is 6.03. The van der Waals surface area contributed by atoms with E-state index in [9.17, 15) is 0 Å². The van der Waals surface area contributed by atoms with Gasteiger partial charge in [0.2, 0.25) is 0 Å². The molecule has 1 heterocycles. The molecular formula is C20H23N. The molecule has 0 saturated carbocycles. The normalized spacial score (nSPS) is 11.2. The van der Waals surface area contributed by atoms with Crippen LogP contribution >= 0.6 is 0 Å². The first-order valence-electron chi connectivity index (χ1n) is 7.73. The summed E-state index contributed by atoms with van der Waals surface area (Å²) >= 11 is 0. The van der Waals surface area contributed by atoms with E-state index in [2.05, 4.69) is 74.9 Å². The third kappa shape index (κ3) is 2.49. The van der Waals surface area contributed by atoms with Gasteiger partial charge in [-0.25, -0.2) is 0 Å². The molecule has 2 aromatic carbocycles. The Morgan fingerprint density at radius 1 is 0.952 bits per heavy atom. The van der Waals surface area contributed by atoms with Crippen molar-refractivity contribution in [2.45, 2.75) is 40.7 Å². The first-order chi connectivity index (χ1) is 10.1. The lowest BCUT2D eigenvalue weighted by Crippen LogP contribution is -2.04. The van der Waals surface area contributed by atoms with Crippen molar-refractivity contribution in [3.05, 3.63) is 70.4 Å². The minimum absolute atomic E-state index is 0.957. The van der Waals surface area contributed by atoms with Crippen molar-refractivity contribution in [2.24, 2.45) is 0 Å². The first kappa shape index (κ1) is 13.9. The molecule has 0 aliphatic heterocycles. The first-order valence-corrected chi connectivity index (χ1v) is 7.73. The smallest absolute Gasteiger partial charge is 0.0515 e. The predicted molar refractivity (Wildman–Crippen MR) is 91.1 cm³/mol. The molecule has 0 aliphatic rings. The van der Waals surface area contributed by atoms with Gasteiger partial charge < -0.3 is 4.57 Å². The van der Waals surface area contributed by atoms with E-state index in [0.717, 1.165) is 13.0 Å². The lowest BCUT2D eigenvalue weighted by atomic mass is 9.99. The fourth-order valence-electron chi connectivity index (χ4n) is 3.39. The summed E-state index contributed by atoms with van der Waals surface area (Å²) in [5.41, 5.74) is 8.40. The van der Waals surface area contributed by atoms with Gasteiger partial charge in [-0.3, -0.25) is 0 Å². The molecule has 3 rings (SSSR count). The van der Waals surface area contributed by atoms with Crippen molar-refractivity contribution in [1.82, 2.24) is 4.57 Å². The number of para-hydroxylation sites is 1. The summed E-state index contributed by atoms with van der Waals surface area (Å²) < 4.78 is 2.40. The summed E-state index contributed by atoms with van der Waals surface area (Å²) in [6.45, 7) is 9.81. The topological polar surface area (TPSA) is 4.93 Å². The Balaban J connectivity index is 2.11. The van der Waals surface area contributed by atoms with Crippen LogP contribution in [-0.2, 0) is 13.0 Å². The van der Waals surface area contributed by atoms with Crippen LogP contribution < -0.4 is 0 Å². The van der Waals surface area contributed by atoms with Gasteiger partial charge in [-0.2, -0.15) is 0 Å². The van der Waals surface area contributed by atoms with Crippen molar-refractivity contribution < 1.29 is 0 Å². The summed E-state index contributed by atoms with van der Waals surface area (Å²) in [6, 6.07) is 13.4. The maximum atomic E-state index is 2.40. The maximum Gasteiger partial charge on any atom is 0.0515 e. The minimum atomic E-state index is 0.957. The number of aromatic nitrogens is 1. The highest BCUT2D eigenvalue weighted by molar-refractivity contribution is 5.83. The molecule has 0 atom stereocenters. The van der Waals surface area contributed by atoms with Crippen LogP contribution in [0.15, 0.2) is 42.6 Å². The molecule has 3 aromatic rings. The van der Waals surface area contributed by atoms with Gasteiger partial charge >= 0.3 is 0 Å². The summed E-state index contributed by atoms with van der Waals surface area (Å²) in [7, 11) is 0. The SMILES string of the molecule is CCc1cccc2ccn(Cc3c(C)cc(C)cc3C)c12. The van der Waals surface area contributed by atoms with E-state index in [1.54, 1.807) is 0 Å². The van der Waals surface area contributed by atoms with Gasteiger partial charge in [0.25, 0.3) is 0 Å². The Morgan fingerprint density at radius 3 is 2.33 bits per heavy atom. The lowest BCUT2D eigenvalue weighted by Gasteiger charge is -2.14. The quantitative estimate of drug-likeness (QED) is 0.622. The van der Waals surface area contributed by atoms with Crippen LogP contribution in [-0.4, -0.2) is 4.57 Å². The van der Waals surface area contributed by atoms with Crippen molar-refractivity contribution in [2.75, 3.05) is 0 Å². The third-order valence-corrected chi connectivity index (χ3v) is 4.42. The van der Waals surface area contributed by atoms with Crippen LogP contribution in [0.2, 0.25) is 0 Å². The highest BCUT2D eigenvalue weighted by Gasteiger charge is 2.09. The van der Waals surface area contributed by atoms with E-state index in [4.69, 9.17) is 0 Å². The van der Waals surface area contributed by atoms with Gasteiger partial charge in [0.1, 0.15) is 0 Å². The summed E-state index contributed by atoms with van der Waals surface area (Å²) in [5, 5.41) is 1.34. The monoisotopic (exact) mass is 277 g/mol. The second-order valence-corrected chi connectivity index (χ2v) is 6.03. The number of benzene rings is 2. The van der Waals surface area contributed by atoms with Crippen molar-refractivity contribution in [3.63, 3.8) is 0 Å². The van der Waals surface area contributed by atoms with Gasteiger partial charge in [-0.1, -0.05) is 42.8 Å². The Hall–Kier alpha value is -2.02. The van der Waals surface area contributed by atoms with Crippen molar-refractivity contribution in [3.8, 4) is 0 Å². The molecule has 21 heavy (non-hydrogen) atoms. The minimum Gasteiger partial charge on any atom is -0.343 e. The van der Waals surface area contributed by atoms with E-state index in [0.29, 0.717) is 0 Å². The van der Waals surface area contributed by atoms with E-state index >= 15 is 0 Å². The van der Waals surface area contributed by atoms with Crippen LogP contribution in [0.25, 0.3) is 10.9 Å². The highest BCUT2D eigenvalue weighted by Crippen LogP contribution is 2.24. The largest absolute Gasteiger partial charge is 0.343 e. The average Bonchev–Trinajstić information content (AvgIpc) is 2.86. The average molecular weight is 277 g/mol. The molecule has 0 fully saturated rings. The van der Waals surface area contributed by atoms with E-state index in [-0.39, 0.29) is 0 Å². The van der Waals surface area contributed by atoms with Crippen LogP contribution in [0.5, 0.6) is 0 Å². The Labute approximate surface area is 127 Å². The standard InChI is InChI=1S/C20H23N/c1-5-17-7-6-8-18-9-10-21(20(17)18)13-19-15(3)11-14(2)12-16(19)4/h6-12H,5,13H2,1-4H3. The fourth-order valence-corrected chi connectivity index (χ4v) is 3.39. The molecule has 0 spiro atoms. The molecule has 0 aliphatic carbocycles. The van der Waals surface area contributed by atoms with E-state index < -0.39 is 0 Å². The molecule has 0 amide bonds. The zero-order valence-electron chi connectivity index (χ0n) is 13.4. The van der Waals surface area contributed by atoms with Crippen molar-refractivity contribution >= 4 is 10.9 Å². The van der Waals surface area contributed by atoms with Crippen LogP contribution in [0.3, 0.4) is 0 Å². The molecule has 0 N–H and O–H groups in total. The number of rotatable bonds is 3. The number of nitrogens with zero attached hydrogens (tertiary/aromatic N) is 1. The molecule has 0 bridgehead atoms. The number of hydrogen-bond acceptors (Lipinski definition) is 0. The lowest BCUT2D eigenvalue weighted by molar-refractivity contribution is 0.818. The second kappa shape index (κ2) is 5.40. The highest BCUT2D eigenvalue weighted by atomic mass is 15.0. The van der Waals surface area contributed by atoms with Gasteiger partial charge in [-0.15, -0.1) is 0 Å². The van der Waals surface area contributed by atoms with Crippen LogP contribution in [0.4, 0.5) is 0 Å². The van der Waals surface area contributed by atoms with Crippen molar-refractivity contribution in [1.29, 1.82) is 0 Å². The Bertz CT molecular complexity index is 770. The summed E-state index contributed by atoms with van der Waals surface area (Å²) in [5.74, 6) is 0. The maximum absolute atomic E-state index is 2.40. The number of hydrogen-bond donors (Lipinski definition) is 0. The molecule has 108 valence electrons. The zero-order chi connectivity index (χ0) is 15.0. The molecule has 1 nitrogen and oxygen atoms in total. The molecule has 0 saturated heterocycles. The molecule has 1 heteroatoms. The Kier molecular flexibility index (Phi) is 3.59. The number of aryl methyl sites for hydroxylation is 4. The molecule has 1 aromatic heterocycles. The molecular weight excluding hydrogens is 254 g/mol. The predicted octanol–water partition coefficient (Wildman–Crippen LogP) is 5.18. The fraction of sp³-hybridized carbons (Fsp3) is 0.300. The van der Waals surface area contributed by atoms with E-state index in [1.165, 1.54) is 38.7 Å². The van der Waals surface area contributed by atoms with Crippen LogP contribution in [0.1, 0.15) is 34.7 Å². The van der Waals surface area contributed by atoms with Gasteiger partial charge in [-0.05, 0) is 60.9 Å². The van der Waals surface area contributed by atoms with Gasteiger partial charge in [0.05, 0.1) is 5.52 Å². The molecule has 0 unspecified atom stereocenters. The van der Waals surface area contributed by atoms with Gasteiger partial charge in [0.15, 0.2) is 0 Å². The number of fused-ring (bicyclic) bond motifs is 1. The summed E-state index contributed by atoms with van der Waals surface area (Å²) in [6.07, 6.45) is 3.30. The Morgan fingerprint density at radius 2 is 1.67 bits per heavy atom. The third-order valence-electron chi connectivity index (χ3n) is 4.42. The van der Waals surface area contributed by atoms with E-state index in [1.807, 2.05) is 0 Å². The molecule has 0 radical (unpaired) electrons. The zero-order valence-corrected chi connectivity index (χ0v) is 13.4.